The number of hydrogen-bond acceptors (Lipinski definition) is 3. The number of benzene rings is 1. The normalized spacial score (nSPS) is 14.3. The summed E-state index contributed by atoms with van der Waals surface area (Å²) in [4.78, 5) is 0. The first-order valence-corrected chi connectivity index (χ1v) is 7.38. The maximum absolute atomic E-state index is 5.83. The summed E-state index contributed by atoms with van der Waals surface area (Å²) in [6.45, 7) is 5.90. The van der Waals surface area contributed by atoms with E-state index in [0.717, 1.165) is 30.4 Å². The van der Waals surface area contributed by atoms with Gasteiger partial charge in [-0.05, 0) is 36.5 Å². The molecule has 20 heavy (non-hydrogen) atoms. The summed E-state index contributed by atoms with van der Waals surface area (Å²) < 4.78 is 8.03. The average Bonchev–Trinajstić information content (AvgIpc) is 2.89. The van der Waals surface area contributed by atoms with Crippen molar-refractivity contribution in [3.8, 4) is 5.75 Å². The van der Waals surface area contributed by atoms with Gasteiger partial charge in [-0.15, -0.1) is 10.2 Å². The van der Waals surface area contributed by atoms with Gasteiger partial charge in [0.25, 0.3) is 0 Å². The van der Waals surface area contributed by atoms with E-state index in [1.165, 1.54) is 18.4 Å². The van der Waals surface area contributed by atoms with Gasteiger partial charge in [-0.2, -0.15) is 0 Å². The Hall–Kier alpha value is -1.84. The predicted molar refractivity (Wildman–Crippen MR) is 77.8 cm³/mol. The number of aromatic nitrogens is 3. The molecule has 0 saturated carbocycles. The SMILES string of the molecule is CC(C)c1ccc(OCc2nnc3n2CCCC3)cc1. The van der Waals surface area contributed by atoms with Crippen molar-refractivity contribution >= 4 is 0 Å². The minimum absolute atomic E-state index is 0.494. The molecule has 4 nitrogen and oxygen atoms in total. The number of ether oxygens (including phenoxy) is 1. The number of rotatable bonds is 4. The van der Waals surface area contributed by atoms with E-state index in [0.29, 0.717) is 12.5 Å². The van der Waals surface area contributed by atoms with Crippen LogP contribution in [-0.2, 0) is 19.6 Å². The van der Waals surface area contributed by atoms with Crippen molar-refractivity contribution in [3.05, 3.63) is 41.5 Å². The van der Waals surface area contributed by atoms with Crippen LogP contribution in [-0.4, -0.2) is 14.8 Å². The molecule has 1 aliphatic rings. The molecule has 2 heterocycles. The quantitative estimate of drug-likeness (QED) is 0.856. The maximum Gasteiger partial charge on any atom is 0.171 e. The Kier molecular flexibility index (Phi) is 3.72. The number of nitrogens with zero attached hydrogens (tertiary/aromatic N) is 3. The van der Waals surface area contributed by atoms with Crippen LogP contribution in [0.25, 0.3) is 0 Å². The van der Waals surface area contributed by atoms with Crippen molar-refractivity contribution in [1.29, 1.82) is 0 Å². The summed E-state index contributed by atoms with van der Waals surface area (Å²) in [6.07, 6.45) is 3.47. The van der Waals surface area contributed by atoms with E-state index >= 15 is 0 Å². The molecule has 4 heteroatoms. The highest BCUT2D eigenvalue weighted by molar-refractivity contribution is 5.28. The van der Waals surface area contributed by atoms with Crippen LogP contribution in [0.15, 0.2) is 24.3 Å². The van der Waals surface area contributed by atoms with E-state index in [1.807, 2.05) is 12.1 Å². The first-order chi connectivity index (χ1) is 9.74. The monoisotopic (exact) mass is 271 g/mol. The molecule has 0 fully saturated rings. The Morgan fingerprint density at radius 1 is 1.15 bits per heavy atom. The summed E-state index contributed by atoms with van der Waals surface area (Å²) >= 11 is 0. The van der Waals surface area contributed by atoms with E-state index < -0.39 is 0 Å². The van der Waals surface area contributed by atoms with Crippen LogP contribution in [0.1, 0.15) is 49.8 Å². The van der Waals surface area contributed by atoms with Crippen molar-refractivity contribution in [3.63, 3.8) is 0 Å². The first-order valence-electron chi connectivity index (χ1n) is 7.38. The zero-order valence-corrected chi connectivity index (χ0v) is 12.2. The number of fused-ring (bicyclic) bond motifs is 1. The molecule has 0 spiro atoms. The summed E-state index contributed by atoms with van der Waals surface area (Å²) in [6, 6.07) is 8.31. The summed E-state index contributed by atoms with van der Waals surface area (Å²) in [5.41, 5.74) is 1.33. The summed E-state index contributed by atoms with van der Waals surface area (Å²) in [5, 5.41) is 8.49. The zero-order chi connectivity index (χ0) is 13.9. The third kappa shape index (κ3) is 2.69. The average molecular weight is 271 g/mol. The molecule has 0 radical (unpaired) electrons. The van der Waals surface area contributed by atoms with Gasteiger partial charge in [0.05, 0.1) is 0 Å². The molecule has 0 N–H and O–H groups in total. The molecular formula is C16H21N3O. The van der Waals surface area contributed by atoms with E-state index in [-0.39, 0.29) is 0 Å². The highest BCUT2D eigenvalue weighted by Gasteiger charge is 2.15. The van der Waals surface area contributed by atoms with Gasteiger partial charge >= 0.3 is 0 Å². The lowest BCUT2D eigenvalue weighted by molar-refractivity contribution is 0.286. The van der Waals surface area contributed by atoms with Gasteiger partial charge in [0.2, 0.25) is 0 Å². The molecule has 0 unspecified atom stereocenters. The van der Waals surface area contributed by atoms with Crippen molar-refractivity contribution < 1.29 is 4.74 Å². The summed E-state index contributed by atoms with van der Waals surface area (Å²) in [5.74, 6) is 3.48. The van der Waals surface area contributed by atoms with Gasteiger partial charge in [-0.25, -0.2) is 0 Å². The molecular weight excluding hydrogens is 250 g/mol. The molecule has 0 saturated heterocycles. The lowest BCUT2D eigenvalue weighted by Gasteiger charge is -2.15. The third-order valence-corrected chi connectivity index (χ3v) is 3.85. The van der Waals surface area contributed by atoms with Crippen molar-refractivity contribution in [2.45, 2.75) is 52.2 Å². The van der Waals surface area contributed by atoms with Crippen molar-refractivity contribution in [2.75, 3.05) is 0 Å². The van der Waals surface area contributed by atoms with E-state index in [1.54, 1.807) is 0 Å². The van der Waals surface area contributed by atoms with Gasteiger partial charge in [-0.1, -0.05) is 26.0 Å². The minimum atomic E-state index is 0.494. The lowest BCUT2D eigenvalue weighted by atomic mass is 10.0. The Labute approximate surface area is 119 Å². The topological polar surface area (TPSA) is 39.9 Å². The second kappa shape index (κ2) is 5.65. The van der Waals surface area contributed by atoms with Crippen LogP contribution < -0.4 is 4.74 Å². The van der Waals surface area contributed by atoms with E-state index in [2.05, 4.69) is 40.7 Å². The smallest absolute Gasteiger partial charge is 0.171 e. The molecule has 0 aliphatic carbocycles. The second-order valence-corrected chi connectivity index (χ2v) is 5.65. The zero-order valence-electron chi connectivity index (χ0n) is 12.2. The van der Waals surface area contributed by atoms with Gasteiger partial charge in [0, 0.05) is 13.0 Å². The number of aryl methyl sites for hydroxylation is 1. The fraction of sp³-hybridized carbons (Fsp3) is 0.500. The van der Waals surface area contributed by atoms with Crippen LogP contribution in [0.2, 0.25) is 0 Å². The van der Waals surface area contributed by atoms with Crippen LogP contribution in [0.4, 0.5) is 0 Å². The molecule has 1 aromatic heterocycles. The summed E-state index contributed by atoms with van der Waals surface area (Å²) in [7, 11) is 0. The molecule has 0 amide bonds. The van der Waals surface area contributed by atoms with Gasteiger partial charge in [0.1, 0.15) is 18.2 Å². The number of hydrogen-bond donors (Lipinski definition) is 0. The fourth-order valence-corrected chi connectivity index (χ4v) is 2.57. The minimum Gasteiger partial charge on any atom is -0.486 e. The molecule has 3 rings (SSSR count). The second-order valence-electron chi connectivity index (χ2n) is 5.65. The molecule has 1 aliphatic heterocycles. The first kappa shape index (κ1) is 13.2. The van der Waals surface area contributed by atoms with Crippen molar-refractivity contribution in [2.24, 2.45) is 0 Å². The van der Waals surface area contributed by atoms with E-state index in [4.69, 9.17) is 4.74 Å². The fourth-order valence-electron chi connectivity index (χ4n) is 2.57. The maximum atomic E-state index is 5.83. The highest BCUT2D eigenvalue weighted by Crippen LogP contribution is 2.20. The van der Waals surface area contributed by atoms with Gasteiger partial charge in [-0.3, -0.25) is 0 Å². The molecule has 2 aromatic rings. The van der Waals surface area contributed by atoms with Gasteiger partial charge in [0.15, 0.2) is 5.82 Å². The lowest BCUT2D eigenvalue weighted by Crippen LogP contribution is -2.14. The van der Waals surface area contributed by atoms with Crippen LogP contribution in [0.3, 0.4) is 0 Å². The Balaban J connectivity index is 1.66. The Bertz CT molecular complexity index is 572. The van der Waals surface area contributed by atoms with Crippen molar-refractivity contribution in [1.82, 2.24) is 14.8 Å². The van der Waals surface area contributed by atoms with Crippen LogP contribution >= 0.6 is 0 Å². The predicted octanol–water partition coefficient (Wildman–Crippen LogP) is 3.32. The molecule has 106 valence electrons. The van der Waals surface area contributed by atoms with Crippen LogP contribution in [0, 0.1) is 0 Å². The Morgan fingerprint density at radius 2 is 1.95 bits per heavy atom. The molecule has 1 aromatic carbocycles. The standard InChI is InChI=1S/C16H21N3O/c1-12(2)13-6-8-14(9-7-13)20-11-16-18-17-15-5-3-4-10-19(15)16/h6-9,12H,3-5,10-11H2,1-2H3. The van der Waals surface area contributed by atoms with E-state index in [9.17, 15) is 0 Å². The molecule has 0 bridgehead atoms. The van der Waals surface area contributed by atoms with Crippen LogP contribution in [0.5, 0.6) is 5.75 Å². The Morgan fingerprint density at radius 3 is 2.70 bits per heavy atom. The third-order valence-electron chi connectivity index (χ3n) is 3.85. The highest BCUT2D eigenvalue weighted by atomic mass is 16.5. The van der Waals surface area contributed by atoms with Gasteiger partial charge < -0.3 is 9.30 Å². The largest absolute Gasteiger partial charge is 0.486 e. The molecule has 0 atom stereocenters.